The second-order valence-corrected chi connectivity index (χ2v) is 6.56. The van der Waals surface area contributed by atoms with Crippen molar-refractivity contribution < 1.29 is 0 Å². The van der Waals surface area contributed by atoms with Gasteiger partial charge in [0.1, 0.15) is 0 Å². The van der Waals surface area contributed by atoms with Gasteiger partial charge in [-0.05, 0) is 32.4 Å². The normalized spacial score (nSPS) is 11.6. The number of hydrogen-bond acceptors (Lipinski definition) is 2. The van der Waals surface area contributed by atoms with Gasteiger partial charge < -0.3 is 0 Å². The third-order valence-corrected chi connectivity index (χ3v) is 5.03. The Morgan fingerprint density at radius 1 is 0.952 bits per heavy atom. The molecule has 0 unspecified atom stereocenters. The third kappa shape index (κ3) is 1.81. The van der Waals surface area contributed by atoms with E-state index in [1.807, 2.05) is 0 Å². The largest absolute Gasteiger partial charge is 0.287 e. The van der Waals surface area contributed by atoms with E-state index in [0.29, 0.717) is 0 Å². The molecular weight excluding hydrogens is 276 g/mol. The minimum Gasteiger partial charge on any atom is -0.287 e. The van der Waals surface area contributed by atoms with Crippen LogP contribution in [0, 0.1) is 20.8 Å². The van der Waals surface area contributed by atoms with Crippen LogP contribution in [0.25, 0.3) is 26.4 Å². The quantitative estimate of drug-likeness (QED) is 0.475. The first-order chi connectivity index (χ1) is 10.1. The number of aromatic nitrogens is 2. The highest BCUT2D eigenvalue weighted by Crippen LogP contribution is 2.33. The van der Waals surface area contributed by atoms with E-state index in [2.05, 4.69) is 67.6 Å². The van der Waals surface area contributed by atoms with Gasteiger partial charge in [0.05, 0.1) is 15.9 Å². The van der Waals surface area contributed by atoms with E-state index in [-0.39, 0.29) is 0 Å². The molecule has 0 atom stereocenters. The number of benzene rings is 2. The number of fused-ring (bicyclic) bond motifs is 3. The number of imidazole rings is 1. The second kappa shape index (κ2) is 4.43. The molecular formula is C18H16N2S. The Morgan fingerprint density at radius 2 is 1.71 bits per heavy atom. The summed E-state index contributed by atoms with van der Waals surface area (Å²) in [6, 6.07) is 15.1. The molecule has 0 bridgehead atoms. The van der Waals surface area contributed by atoms with Crippen LogP contribution in [0.1, 0.15) is 16.8 Å². The number of para-hydroxylation sites is 1. The van der Waals surface area contributed by atoms with Crippen LogP contribution >= 0.6 is 11.3 Å². The molecule has 0 saturated carbocycles. The van der Waals surface area contributed by atoms with Crippen LogP contribution in [0.4, 0.5) is 0 Å². The van der Waals surface area contributed by atoms with Crippen LogP contribution in [0.15, 0.2) is 42.5 Å². The molecule has 0 spiro atoms. The average Bonchev–Trinajstić information content (AvgIpc) is 2.98. The molecule has 2 nitrogen and oxygen atoms in total. The minimum atomic E-state index is 1.08. The summed E-state index contributed by atoms with van der Waals surface area (Å²) in [7, 11) is 0. The Balaban J connectivity index is 2.05. The minimum absolute atomic E-state index is 1.08. The Kier molecular flexibility index (Phi) is 2.66. The van der Waals surface area contributed by atoms with Gasteiger partial charge >= 0.3 is 0 Å². The number of aryl methyl sites for hydroxylation is 3. The topological polar surface area (TPSA) is 17.3 Å². The fourth-order valence-electron chi connectivity index (χ4n) is 2.89. The summed E-state index contributed by atoms with van der Waals surface area (Å²) >= 11 is 1.76. The molecule has 2 aromatic carbocycles. The van der Waals surface area contributed by atoms with Gasteiger partial charge in [0.25, 0.3) is 0 Å². The lowest BCUT2D eigenvalue weighted by atomic mass is 10.1. The molecule has 0 aliphatic carbocycles. The molecule has 0 N–H and O–H groups in total. The Labute approximate surface area is 127 Å². The van der Waals surface area contributed by atoms with E-state index in [4.69, 9.17) is 4.98 Å². The maximum Gasteiger partial charge on any atom is 0.195 e. The Bertz CT molecular complexity index is 958. The lowest BCUT2D eigenvalue weighted by Gasteiger charge is -2.02. The summed E-state index contributed by atoms with van der Waals surface area (Å²) in [5.74, 6) is 0. The zero-order valence-electron chi connectivity index (χ0n) is 12.3. The second-order valence-electron chi connectivity index (χ2n) is 5.55. The third-order valence-electron chi connectivity index (χ3n) is 4.03. The summed E-state index contributed by atoms with van der Waals surface area (Å²) < 4.78 is 3.60. The molecule has 3 heteroatoms. The van der Waals surface area contributed by atoms with E-state index in [1.54, 1.807) is 11.3 Å². The van der Waals surface area contributed by atoms with Gasteiger partial charge in [-0.1, -0.05) is 53.3 Å². The van der Waals surface area contributed by atoms with Gasteiger partial charge in [0, 0.05) is 11.3 Å². The van der Waals surface area contributed by atoms with Crippen LogP contribution in [0.2, 0.25) is 0 Å². The van der Waals surface area contributed by atoms with Gasteiger partial charge in [0.2, 0.25) is 0 Å². The van der Waals surface area contributed by atoms with E-state index in [1.165, 1.54) is 32.6 Å². The average molecular weight is 292 g/mol. The predicted octanol–water partition coefficient (Wildman–Crippen LogP) is 5.14. The van der Waals surface area contributed by atoms with Crippen LogP contribution in [-0.4, -0.2) is 9.38 Å². The van der Waals surface area contributed by atoms with Crippen LogP contribution in [0.5, 0.6) is 0 Å². The molecule has 4 aromatic rings. The smallest absolute Gasteiger partial charge is 0.195 e. The molecule has 0 radical (unpaired) electrons. The van der Waals surface area contributed by atoms with Crippen molar-refractivity contribution in [1.82, 2.24) is 9.38 Å². The molecule has 21 heavy (non-hydrogen) atoms. The lowest BCUT2D eigenvalue weighted by molar-refractivity contribution is 1.18. The van der Waals surface area contributed by atoms with E-state index in [9.17, 15) is 0 Å². The van der Waals surface area contributed by atoms with Gasteiger partial charge in [-0.15, -0.1) is 0 Å². The van der Waals surface area contributed by atoms with E-state index >= 15 is 0 Å². The predicted molar refractivity (Wildman–Crippen MR) is 90.2 cm³/mol. The molecule has 0 amide bonds. The number of rotatable bonds is 1. The van der Waals surface area contributed by atoms with Gasteiger partial charge in [-0.2, -0.15) is 0 Å². The van der Waals surface area contributed by atoms with Crippen LogP contribution in [-0.2, 0) is 0 Å². The summed E-state index contributed by atoms with van der Waals surface area (Å²) in [5, 5.41) is 0. The molecule has 4 rings (SSSR count). The van der Waals surface area contributed by atoms with E-state index < -0.39 is 0 Å². The van der Waals surface area contributed by atoms with Crippen molar-refractivity contribution in [2.75, 3.05) is 0 Å². The molecule has 104 valence electrons. The maximum atomic E-state index is 4.87. The van der Waals surface area contributed by atoms with Crippen molar-refractivity contribution in [3.05, 3.63) is 59.3 Å². The number of nitrogens with zero attached hydrogens (tertiary/aromatic N) is 2. The summed E-state index contributed by atoms with van der Waals surface area (Å²) in [4.78, 5) is 5.95. The SMILES string of the molecule is Cc1ccc(-c2nc3sc4cccc(C)c4n3c2C)cc1. The number of hydrogen-bond donors (Lipinski definition) is 0. The van der Waals surface area contributed by atoms with Crippen molar-refractivity contribution >= 4 is 26.5 Å². The van der Waals surface area contributed by atoms with Crippen molar-refractivity contribution in [2.45, 2.75) is 20.8 Å². The maximum absolute atomic E-state index is 4.87. The highest BCUT2D eigenvalue weighted by molar-refractivity contribution is 7.23. The fourth-order valence-corrected chi connectivity index (χ4v) is 4.04. The first-order valence-corrected chi connectivity index (χ1v) is 7.91. The highest BCUT2D eigenvalue weighted by Gasteiger charge is 2.15. The summed E-state index contributed by atoms with van der Waals surface area (Å²) in [6.07, 6.45) is 0. The van der Waals surface area contributed by atoms with Gasteiger partial charge in [-0.25, -0.2) is 4.98 Å². The molecule has 2 aromatic heterocycles. The molecule has 0 fully saturated rings. The first-order valence-electron chi connectivity index (χ1n) is 7.09. The van der Waals surface area contributed by atoms with Crippen molar-refractivity contribution in [2.24, 2.45) is 0 Å². The Morgan fingerprint density at radius 3 is 2.48 bits per heavy atom. The molecule has 0 saturated heterocycles. The Hall–Kier alpha value is -2.13. The van der Waals surface area contributed by atoms with Crippen LogP contribution in [0.3, 0.4) is 0 Å². The first kappa shape index (κ1) is 12.6. The zero-order valence-corrected chi connectivity index (χ0v) is 13.2. The molecule has 2 heterocycles. The van der Waals surface area contributed by atoms with E-state index in [0.717, 1.165) is 10.7 Å². The fraction of sp³-hybridized carbons (Fsp3) is 0.167. The van der Waals surface area contributed by atoms with Crippen molar-refractivity contribution in [3.63, 3.8) is 0 Å². The molecule has 0 aliphatic heterocycles. The standard InChI is InChI=1S/C18H16N2S/c1-11-7-9-14(10-8-11)16-13(3)20-17-12(2)5-4-6-15(17)21-18(20)19-16/h4-10H,1-3H3. The summed E-state index contributed by atoms with van der Waals surface area (Å²) in [6.45, 7) is 6.44. The van der Waals surface area contributed by atoms with Crippen LogP contribution < -0.4 is 0 Å². The monoisotopic (exact) mass is 292 g/mol. The highest BCUT2D eigenvalue weighted by atomic mass is 32.1. The van der Waals surface area contributed by atoms with Crippen molar-refractivity contribution in [1.29, 1.82) is 0 Å². The van der Waals surface area contributed by atoms with Gasteiger partial charge in [0.15, 0.2) is 4.96 Å². The van der Waals surface area contributed by atoms with Crippen molar-refractivity contribution in [3.8, 4) is 11.3 Å². The number of thiazole rings is 1. The van der Waals surface area contributed by atoms with Gasteiger partial charge in [-0.3, -0.25) is 4.40 Å². The lowest BCUT2D eigenvalue weighted by Crippen LogP contribution is -1.88. The summed E-state index contributed by atoms with van der Waals surface area (Å²) in [5.41, 5.74) is 7.37. The zero-order chi connectivity index (χ0) is 14.6. The molecule has 0 aliphatic rings.